The molecule has 0 amide bonds. The second-order valence-electron chi connectivity index (χ2n) is 2.66. The highest BCUT2D eigenvalue weighted by Gasteiger charge is 1.97. The number of nitrogens with zero attached hydrogens (tertiary/aromatic N) is 4. The fourth-order valence-corrected chi connectivity index (χ4v) is 0.912. The first kappa shape index (κ1) is 9.92. The Hall–Kier alpha value is -2.16. The highest BCUT2D eigenvalue weighted by atomic mass is 15.1. The first-order chi connectivity index (χ1) is 6.61. The topological polar surface area (TPSA) is 100.0 Å². The zero-order valence-corrected chi connectivity index (χ0v) is 7.94. The van der Waals surface area contributed by atoms with Gasteiger partial charge in [0, 0.05) is 11.8 Å². The van der Waals surface area contributed by atoms with Crippen molar-refractivity contribution in [2.24, 2.45) is 4.99 Å². The van der Waals surface area contributed by atoms with Crippen molar-refractivity contribution in [3.05, 3.63) is 11.8 Å². The number of hydrogen-bond donors (Lipinski definition) is 2. The minimum Gasteiger partial charge on any atom is -0.368 e. The number of nitrogens with two attached hydrogens (primary N) is 1. The molecule has 0 atom stereocenters. The van der Waals surface area contributed by atoms with Gasteiger partial charge >= 0.3 is 0 Å². The number of nitrogens with one attached hydrogen (secondary N) is 1. The predicted molar refractivity (Wildman–Crippen MR) is 52.7 cm³/mol. The third kappa shape index (κ3) is 2.71. The van der Waals surface area contributed by atoms with Crippen LogP contribution in [-0.2, 0) is 0 Å². The number of hydrogen-bond acceptors (Lipinski definition) is 5. The fraction of sp³-hybridized carbons (Fsp3) is 0.250. The number of amidine groups is 1. The van der Waals surface area contributed by atoms with Crippen molar-refractivity contribution < 1.29 is 0 Å². The van der Waals surface area contributed by atoms with Crippen molar-refractivity contribution >= 4 is 17.6 Å². The van der Waals surface area contributed by atoms with Gasteiger partial charge in [0.1, 0.15) is 5.84 Å². The summed E-state index contributed by atoms with van der Waals surface area (Å²) >= 11 is 0. The van der Waals surface area contributed by atoms with Crippen LogP contribution in [-0.4, -0.2) is 15.8 Å². The molecule has 0 saturated carbocycles. The molecule has 14 heavy (non-hydrogen) atoms. The van der Waals surface area contributed by atoms with Crippen molar-refractivity contribution in [3.8, 4) is 6.19 Å². The van der Waals surface area contributed by atoms with Gasteiger partial charge in [-0.15, -0.1) is 0 Å². The predicted octanol–water partition coefficient (Wildman–Crippen LogP) is 0.488. The summed E-state index contributed by atoms with van der Waals surface area (Å²) in [6, 6.07) is 1.68. The number of aliphatic imine (C=N–C) groups is 1. The maximum atomic E-state index is 8.32. The summed E-state index contributed by atoms with van der Waals surface area (Å²) in [5, 5.41) is 10.7. The molecule has 0 fully saturated rings. The van der Waals surface area contributed by atoms with Crippen LogP contribution in [0.25, 0.3) is 0 Å². The Bertz CT molecular complexity index is 383. The van der Waals surface area contributed by atoms with Crippen molar-refractivity contribution in [3.63, 3.8) is 0 Å². The van der Waals surface area contributed by atoms with Crippen LogP contribution in [0.4, 0.5) is 11.8 Å². The van der Waals surface area contributed by atoms with E-state index in [-0.39, 0.29) is 5.95 Å². The average molecular weight is 190 g/mol. The van der Waals surface area contributed by atoms with E-state index < -0.39 is 0 Å². The van der Waals surface area contributed by atoms with Gasteiger partial charge in [0.25, 0.3) is 0 Å². The molecule has 3 N–H and O–H groups in total. The van der Waals surface area contributed by atoms with Gasteiger partial charge in [0.2, 0.25) is 5.95 Å². The molecule has 1 aromatic rings. The number of nitrogen functional groups attached to an aromatic ring is 1. The SMILES string of the molecule is CC(=Nc1cc(C)nc(N)n1)NC#N. The summed E-state index contributed by atoms with van der Waals surface area (Å²) in [7, 11) is 0. The molecule has 0 saturated heterocycles. The number of nitriles is 1. The highest BCUT2D eigenvalue weighted by Crippen LogP contribution is 2.10. The van der Waals surface area contributed by atoms with Gasteiger partial charge in [-0.2, -0.15) is 10.2 Å². The first-order valence-corrected chi connectivity index (χ1v) is 3.93. The second-order valence-corrected chi connectivity index (χ2v) is 2.66. The molecule has 1 heterocycles. The minimum absolute atomic E-state index is 0.175. The number of anilines is 1. The molecule has 0 aliphatic heterocycles. The lowest BCUT2D eigenvalue weighted by Crippen LogP contribution is -2.12. The Kier molecular flexibility index (Phi) is 2.97. The number of aromatic nitrogens is 2. The Morgan fingerprint density at radius 2 is 2.36 bits per heavy atom. The van der Waals surface area contributed by atoms with E-state index in [2.05, 4.69) is 20.3 Å². The van der Waals surface area contributed by atoms with Gasteiger partial charge < -0.3 is 5.73 Å². The molecule has 0 aromatic carbocycles. The normalized spacial score (nSPS) is 10.8. The van der Waals surface area contributed by atoms with Crippen LogP contribution in [0.3, 0.4) is 0 Å². The highest BCUT2D eigenvalue weighted by molar-refractivity contribution is 5.83. The van der Waals surface area contributed by atoms with E-state index in [4.69, 9.17) is 11.0 Å². The van der Waals surface area contributed by atoms with Crippen LogP contribution >= 0.6 is 0 Å². The van der Waals surface area contributed by atoms with Crippen LogP contribution in [0.1, 0.15) is 12.6 Å². The lowest BCUT2D eigenvalue weighted by molar-refractivity contribution is 1.10. The molecular formula is C8H10N6. The molecule has 72 valence electrons. The van der Waals surface area contributed by atoms with Crippen LogP contribution in [0, 0.1) is 18.4 Å². The molecular weight excluding hydrogens is 180 g/mol. The maximum absolute atomic E-state index is 8.32. The number of aryl methyl sites for hydroxylation is 1. The van der Waals surface area contributed by atoms with Gasteiger partial charge in [-0.3, -0.25) is 5.32 Å². The molecule has 6 nitrogen and oxygen atoms in total. The van der Waals surface area contributed by atoms with Crippen LogP contribution in [0.15, 0.2) is 11.1 Å². The van der Waals surface area contributed by atoms with E-state index in [1.165, 1.54) is 0 Å². The van der Waals surface area contributed by atoms with Crippen LogP contribution in [0.2, 0.25) is 0 Å². The average Bonchev–Trinajstić information content (AvgIpc) is 2.01. The molecule has 0 radical (unpaired) electrons. The smallest absolute Gasteiger partial charge is 0.222 e. The van der Waals surface area contributed by atoms with E-state index in [0.29, 0.717) is 11.7 Å². The summed E-state index contributed by atoms with van der Waals surface area (Å²) in [6.45, 7) is 3.46. The Labute approximate surface area is 81.5 Å². The molecule has 0 aliphatic carbocycles. The second kappa shape index (κ2) is 4.18. The maximum Gasteiger partial charge on any atom is 0.222 e. The van der Waals surface area contributed by atoms with Gasteiger partial charge in [-0.05, 0) is 13.8 Å². The molecule has 0 unspecified atom stereocenters. The Morgan fingerprint density at radius 1 is 1.64 bits per heavy atom. The van der Waals surface area contributed by atoms with Crippen LogP contribution < -0.4 is 11.1 Å². The molecule has 0 aliphatic rings. The van der Waals surface area contributed by atoms with E-state index in [1.807, 2.05) is 0 Å². The Balaban J connectivity index is 2.97. The van der Waals surface area contributed by atoms with E-state index >= 15 is 0 Å². The van der Waals surface area contributed by atoms with E-state index in [9.17, 15) is 0 Å². The largest absolute Gasteiger partial charge is 0.368 e. The molecule has 0 spiro atoms. The van der Waals surface area contributed by atoms with Crippen molar-refractivity contribution in [1.82, 2.24) is 15.3 Å². The Morgan fingerprint density at radius 3 is 2.93 bits per heavy atom. The monoisotopic (exact) mass is 190 g/mol. The van der Waals surface area contributed by atoms with Gasteiger partial charge in [-0.25, -0.2) is 9.98 Å². The minimum atomic E-state index is 0.175. The van der Waals surface area contributed by atoms with Crippen LogP contribution in [0.5, 0.6) is 0 Å². The van der Waals surface area contributed by atoms with Gasteiger partial charge in [0.15, 0.2) is 12.0 Å². The summed E-state index contributed by atoms with van der Waals surface area (Å²) < 4.78 is 0. The molecule has 1 aromatic heterocycles. The summed E-state index contributed by atoms with van der Waals surface area (Å²) in [4.78, 5) is 11.8. The fourth-order valence-electron chi connectivity index (χ4n) is 0.912. The lowest BCUT2D eigenvalue weighted by Gasteiger charge is -1.99. The zero-order valence-electron chi connectivity index (χ0n) is 7.94. The van der Waals surface area contributed by atoms with Gasteiger partial charge in [-0.1, -0.05) is 0 Å². The number of rotatable bonds is 1. The standard InChI is InChI=1S/C8H10N6/c1-5-3-7(14-8(10)12-5)13-6(2)11-4-9/h3H,1-2H3,(H3,10,11,12,13,14). The van der Waals surface area contributed by atoms with E-state index in [1.54, 1.807) is 26.1 Å². The van der Waals surface area contributed by atoms with Crippen molar-refractivity contribution in [2.75, 3.05) is 5.73 Å². The van der Waals surface area contributed by atoms with Crippen molar-refractivity contribution in [1.29, 1.82) is 5.26 Å². The summed E-state index contributed by atoms with van der Waals surface area (Å²) in [6.07, 6.45) is 1.76. The van der Waals surface area contributed by atoms with E-state index in [0.717, 1.165) is 5.69 Å². The third-order valence-corrected chi connectivity index (χ3v) is 1.38. The summed E-state index contributed by atoms with van der Waals surface area (Å²) in [5.41, 5.74) is 6.17. The molecule has 6 heteroatoms. The molecule has 1 rings (SSSR count). The molecule has 0 bridgehead atoms. The summed E-state index contributed by atoms with van der Waals surface area (Å²) in [5.74, 6) is 1.08. The van der Waals surface area contributed by atoms with Crippen molar-refractivity contribution in [2.45, 2.75) is 13.8 Å². The van der Waals surface area contributed by atoms with Gasteiger partial charge in [0.05, 0.1) is 0 Å². The lowest BCUT2D eigenvalue weighted by atomic mass is 10.4. The first-order valence-electron chi connectivity index (χ1n) is 3.93. The zero-order chi connectivity index (χ0) is 10.6. The third-order valence-electron chi connectivity index (χ3n) is 1.38. The quantitative estimate of drug-likeness (QED) is 0.290.